The summed E-state index contributed by atoms with van der Waals surface area (Å²) in [6, 6.07) is 15.6. The van der Waals surface area contributed by atoms with E-state index in [0.29, 0.717) is 13.2 Å². The number of benzene rings is 2. The summed E-state index contributed by atoms with van der Waals surface area (Å²) < 4.78 is 5.56. The number of aromatic amines is 1. The zero-order chi connectivity index (χ0) is 17.2. The summed E-state index contributed by atoms with van der Waals surface area (Å²) in [5.74, 6) is 0.666. The molecule has 4 rings (SSSR count). The van der Waals surface area contributed by atoms with E-state index in [0.717, 1.165) is 34.7 Å². The van der Waals surface area contributed by atoms with Crippen LogP contribution in [-0.4, -0.2) is 53.6 Å². The van der Waals surface area contributed by atoms with Gasteiger partial charge in [0.15, 0.2) is 0 Å². The summed E-state index contributed by atoms with van der Waals surface area (Å²) in [6.07, 6.45) is -0.436. The predicted octanol–water partition coefficient (Wildman–Crippen LogP) is 2.50. The van der Waals surface area contributed by atoms with Crippen molar-refractivity contribution in [3.05, 3.63) is 48.5 Å². The van der Waals surface area contributed by atoms with Gasteiger partial charge in [0, 0.05) is 24.3 Å². The molecule has 3 aromatic rings. The molecule has 0 aliphatic carbocycles. The fourth-order valence-electron chi connectivity index (χ4n) is 2.99. The summed E-state index contributed by atoms with van der Waals surface area (Å²) in [5, 5.41) is 2.94. The molecule has 0 spiro atoms. The molecule has 0 bridgehead atoms. The number of likely N-dealkylation sites (N-methyl/N-ethyl adjacent to an activating group) is 1. The van der Waals surface area contributed by atoms with Gasteiger partial charge in [0.2, 0.25) is 0 Å². The summed E-state index contributed by atoms with van der Waals surface area (Å²) in [5.41, 5.74) is 3.58. The number of para-hydroxylation sites is 2. The lowest BCUT2D eigenvalue weighted by Gasteiger charge is -2.29. The zero-order valence-electron chi connectivity index (χ0n) is 14.0. The monoisotopic (exact) mass is 336 g/mol. The van der Waals surface area contributed by atoms with Gasteiger partial charge < -0.3 is 19.9 Å². The number of nitrogens with one attached hydrogen (secondary N) is 2. The molecule has 1 atom stereocenters. The molecule has 1 saturated heterocycles. The average Bonchev–Trinajstić information content (AvgIpc) is 3.06. The number of carbonyl (C=O) groups is 1. The molecule has 1 aliphatic rings. The highest BCUT2D eigenvalue weighted by Crippen LogP contribution is 2.23. The van der Waals surface area contributed by atoms with Crippen LogP contribution in [0.3, 0.4) is 0 Å². The van der Waals surface area contributed by atoms with Crippen LogP contribution in [0.15, 0.2) is 48.5 Å². The number of nitrogens with zero attached hydrogens (tertiary/aromatic N) is 2. The van der Waals surface area contributed by atoms with Crippen LogP contribution in [0.25, 0.3) is 22.4 Å². The lowest BCUT2D eigenvalue weighted by Crippen LogP contribution is -2.46. The zero-order valence-corrected chi connectivity index (χ0v) is 14.0. The van der Waals surface area contributed by atoms with Gasteiger partial charge in [0.05, 0.1) is 17.6 Å². The third kappa shape index (κ3) is 3.40. The number of morpholine rings is 1. The van der Waals surface area contributed by atoms with E-state index >= 15 is 0 Å². The van der Waals surface area contributed by atoms with Gasteiger partial charge in [-0.25, -0.2) is 4.98 Å². The van der Waals surface area contributed by atoms with Gasteiger partial charge >= 0.3 is 0 Å². The molecule has 0 unspecified atom stereocenters. The van der Waals surface area contributed by atoms with Crippen LogP contribution >= 0.6 is 0 Å². The number of imidazole rings is 1. The largest absolute Gasteiger partial charge is 0.366 e. The Kier molecular flexibility index (Phi) is 4.21. The topological polar surface area (TPSA) is 70.2 Å². The number of amides is 1. The Labute approximate surface area is 145 Å². The summed E-state index contributed by atoms with van der Waals surface area (Å²) in [6.45, 7) is 2.04. The Morgan fingerprint density at radius 1 is 1.28 bits per heavy atom. The van der Waals surface area contributed by atoms with Gasteiger partial charge in [-0.2, -0.15) is 0 Å². The molecule has 1 fully saturated rings. The number of anilines is 1. The third-order valence-corrected chi connectivity index (χ3v) is 4.35. The lowest BCUT2D eigenvalue weighted by atomic mass is 10.2. The highest BCUT2D eigenvalue weighted by atomic mass is 16.5. The second kappa shape index (κ2) is 6.66. The maximum absolute atomic E-state index is 12.4. The first-order valence-electron chi connectivity index (χ1n) is 8.35. The number of hydrogen-bond donors (Lipinski definition) is 2. The number of aromatic nitrogens is 2. The summed E-state index contributed by atoms with van der Waals surface area (Å²) in [7, 11) is 1.99. The SMILES string of the molecule is CN1CCO[C@H](C(=O)Nc2cccc(-c3nc4ccccc4[nH]3)c2)C1. The van der Waals surface area contributed by atoms with Crippen molar-refractivity contribution in [1.29, 1.82) is 0 Å². The van der Waals surface area contributed by atoms with Crippen molar-refractivity contribution in [2.45, 2.75) is 6.10 Å². The number of H-pyrrole nitrogens is 1. The molecule has 6 nitrogen and oxygen atoms in total. The van der Waals surface area contributed by atoms with Crippen LogP contribution in [0.5, 0.6) is 0 Å². The molecule has 0 saturated carbocycles. The summed E-state index contributed by atoms with van der Waals surface area (Å²) in [4.78, 5) is 22.4. The first-order chi connectivity index (χ1) is 12.2. The lowest BCUT2D eigenvalue weighted by molar-refractivity contribution is -0.132. The van der Waals surface area contributed by atoms with Crippen molar-refractivity contribution in [2.24, 2.45) is 0 Å². The van der Waals surface area contributed by atoms with Crippen molar-refractivity contribution in [1.82, 2.24) is 14.9 Å². The summed E-state index contributed by atoms with van der Waals surface area (Å²) >= 11 is 0. The Morgan fingerprint density at radius 3 is 3.00 bits per heavy atom. The number of carbonyl (C=O) groups excluding carboxylic acids is 1. The molecule has 2 heterocycles. The second-order valence-electron chi connectivity index (χ2n) is 6.29. The van der Waals surface area contributed by atoms with Gasteiger partial charge in [-0.15, -0.1) is 0 Å². The standard InChI is InChI=1S/C19H20N4O2/c1-23-9-10-25-17(12-23)19(24)20-14-6-4-5-13(11-14)18-21-15-7-2-3-8-16(15)22-18/h2-8,11,17H,9-10,12H2,1H3,(H,20,24)(H,21,22)/t17-/m0/s1. The van der Waals surface area contributed by atoms with Gasteiger partial charge in [-0.3, -0.25) is 4.79 Å². The minimum Gasteiger partial charge on any atom is -0.366 e. The maximum atomic E-state index is 12.4. The van der Waals surface area contributed by atoms with Crippen LogP contribution in [0.1, 0.15) is 0 Å². The molecule has 1 aromatic heterocycles. The van der Waals surface area contributed by atoms with E-state index in [9.17, 15) is 4.79 Å². The molecule has 2 N–H and O–H groups in total. The van der Waals surface area contributed by atoms with Crippen molar-refractivity contribution < 1.29 is 9.53 Å². The van der Waals surface area contributed by atoms with Gasteiger partial charge in [-0.05, 0) is 31.3 Å². The van der Waals surface area contributed by atoms with Crippen molar-refractivity contribution in [2.75, 3.05) is 32.1 Å². The van der Waals surface area contributed by atoms with E-state index in [1.807, 2.05) is 55.6 Å². The molecule has 128 valence electrons. The Hall–Kier alpha value is -2.70. The van der Waals surface area contributed by atoms with Crippen LogP contribution in [0.2, 0.25) is 0 Å². The molecule has 2 aromatic carbocycles. The molecule has 0 radical (unpaired) electrons. The molecular weight excluding hydrogens is 316 g/mol. The smallest absolute Gasteiger partial charge is 0.254 e. The van der Waals surface area contributed by atoms with Crippen LogP contribution < -0.4 is 5.32 Å². The van der Waals surface area contributed by atoms with Crippen molar-refractivity contribution in [3.8, 4) is 11.4 Å². The van der Waals surface area contributed by atoms with Crippen molar-refractivity contribution >= 4 is 22.6 Å². The average molecular weight is 336 g/mol. The van der Waals surface area contributed by atoms with Crippen LogP contribution in [-0.2, 0) is 9.53 Å². The molecule has 6 heteroatoms. The Bertz CT molecular complexity index is 872. The quantitative estimate of drug-likeness (QED) is 0.771. The molecule has 1 aliphatic heterocycles. The van der Waals surface area contributed by atoms with E-state index in [1.54, 1.807) is 0 Å². The molecule has 25 heavy (non-hydrogen) atoms. The highest BCUT2D eigenvalue weighted by molar-refractivity contribution is 5.95. The Balaban J connectivity index is 1.54. The first kappa shape index (κ1) is 15.8. The molecular formula is C19H20N4O2. The van der Waals surface area contributed by atoms with Gasteiger partial charge in [0.25, 0.3) is 5.91 Å². The van der Waals surface area contributed by atoms with Gasteiger partial charge in [0.1, 0.15) is 11.9 Å². The van der Waals surface area contributed by atoms with Crippen LogP contribution in [0.4, 0.5) is 5.69 Å². The van der Waals surface area contributed by atoms with E-state index in [4.69, 9.17) is 4.74 Å². The minimum atomic E-state index is -0.436. The number of fused-ring (bicyclic) bond motifs is 1. The fraction of sp³-hybridized carbons (Fsp3) is 0.263. The maximum Gasteiger partial charge on any atom is 0.254 e. The fourth-order valence-corrected chi connectivity index (χ4v) is 2.99. The third-order valence-electron chi connectivity index (χ3n) is 4.35. The van der Waals surface area contributed by atoms with Gasteiger partial charge in [-0.1, -0.05) is 24.3 Å². The number of rotatable bonds is 3. The Morgan fingerprint density at radius 2 is 2.16 bits per heavy atom. The molecule has 1 amide bonds. The van der Waals surface area contributed by atoms with E-state index in [2.05, 4.69) is 20.2 Å². The van der Waals surface area contributed by atoms with E-state index < -0.39 is 6.10 Å². The van der Waals surface area contributed by atoms with Crippen LogP contribution in [0, 0.1) is 0 Å². The van der Waals surface area contributed by atoms with E-state index in [1.165, 1.54) is 0 Å². The number of ether oxygens (including phenoxy) is 1. The van der Waals surface area contributed by atoms with E-state index in [-0.39, 0.29) is 5.91 Å². The predicted molar refractivity (Wildman–Crippen MR) is 97.4 cm³/mol. The minimum absolute atomic E-state index is 0.117. The number of hydrogen-bond acceptors (Lipinski definition) is 4. The second-order valence-corrected chi connectivity index (χ2v) is 6.29. The first-order valence-corrected chi connectivity index (χ1v) is 8.35. The highest BCUT2D eigenvalue weighted by Gasteiger charge is 2.24. The normalized spacial score (nSPS) is 18.4. The van der Waals surface area contributed by atoms with Crippen molar-refractivity contribution in [3.63, 3.8) is 0 Å².